The summed E-state index contributed by atoms with van der Waals surface area (Å²) in [6.07, 6.45) is 2.15. The van der Waals surface area contributed by atoms with Gasteiger partial charge in [-0.25, -0.2) is 8.78 Å². The SMILES string of the molecule is O=C(CN(Cc1cccs1)C1CC1)Nc1cc(F)ccc1F. The van der Waals surface area contributed by atoms with E-state index in [4.69, 9.17) is 0 Å². The van der Waals surface area contributed by atoms with Crippen molar-refractivity contribution in [2.75, 3.05) is 11.9 Å². The fraction of sp³-hybridized carbons (Fsp3) is 0.312. The lowest BCUT2D eigenvalue weighted by atomic mass is 10.3. The highest BCUT2D eigenvalue weighted by Gasteiger charge is 2.30. The first-order chi connectivity index (χ1) is 10.6. The Balaban J connectivity index is 1.62. The zero-order valence-corrected chi connectivity index (χ0v) is 12.7. The zero-order chi connectivity index (χ0) is 15.5. The lowest BCUT2D eigenvalue weighted by molar-refractivity contribution is -0.117. The number of amides is 1. The number of carbonyl (C=O) groups is 1. The molecule has 0 atom stereocenters. The zero-order valence-electron chi connectivity index (χ0n) is 11.9. The van der Waals surface area contributed by atoms with Crippen molar-refractivity contribution >= 4 is 22.9 Å². The summed E-state index contributed by atoms with van der Waals surface area (Å²) in [5, 5.41) is 4.45. The Morgan fingerprint density at radius 3 is 2.82 bits per heavy atom. The van der Waals surface area contributed by atoms with Gasteiger partial charge in [0, 0.05) is 23.5 Å². The number of halogens is 2. The second kappa shape index (κ2) is 6.54. The number of benzene rings is 1. The average molecular weight is 322 g/mol. The normalized spacial score (nSPS) is 14.3. The van der Waals surface area contributed by atoms with E-state index >= 15 is 0 Å². The molecule has 1 amide bonds. The van der Waals surface area contributed by atoms with Crippen molar-refractivity contribution in [3.8, 4) is 0 Å². The molecule has 1 aliphatic carbocycles. The van der Waals surface area contributed by atoms with Gasteiger partial charge in [0.05, 0.1) is 12.2 Å². The van der Waals surface area contributed by atoms with Crippen molar-refractivity contribution in [1.29, 1.82) is 0 Å². The number of hydrogen-bond donors (Lipinski definition) is 1. The third-order valence-corrected chi connectivity index (χ3v) is 4.41. The summed E-state index contributed by atoms with van der Waals surface area (Å²) in [5.41, 5.74) is -0.114. The molecule has 0 radical (unpaired) electrons. The molecule has 0 aliphatic heterocycles. The van der Waals surface area contributed by atoms with Gasteiger partial charge in [-0.3, -0.25) is 9.69 Å². The highest BCUT2D eigenvalue weighted by atomic mass is 32.1. The molecule has 1 fully saturated rings. The van der Waals surface area contributed by atoms with E-state index in [0.717, 1.165) is 31.0 Å². The number of anilines is 1. The first-order valence-electron chi connectivity index (χ1n) is 7.13. The van der Waals surface area contributed by atoms with Crippen LogP contribution < -0.4 is 5.32 Å². The van der Waals surface area contributed by atoms with Crippen molar-refractivity contribution in [2.24, 2.45) is 0 Å². The van der Waals surface area contributed by atoms with Crippen LogP contribution in [0.25, 0.3) is 0 Å². The van der Waals surface area contributed by atoms with E-state index in [1.165, 1.54) is 4.88 Å². The van der Waals surface area contributed by atoms with Gasteiger partial charge in [0.2, 0.25) is 5.91 Å². The van der Waals surface area contributed by atoms with Gasteiger partial charge >= 0.3 is 0 Å². The fourth-order valence-electron chi connectivity index (χ4n) is 2.32. The summed E-state index contributed by atoms with van der Waals surface area (Å²) in [4.78, 5) is 15.4. The van der Waals surface area contributed by atoms with E-state index in [1.54, 1.807) is 11.3 Å². The molecule has 3 nitrogen and oxygen atoms in total. The Kier molecular flexibility index (Phi) is 4.49. The summed E-state index contributed by atoms with van der Waals surface area (Å²) >= 11 is 1.65. The van der Waals surface area contributed by atoms with Gasteiger partial charge in [-0.2, -0.15) is 0 Å². The Labute approximate surface area is 131 Å². The van der Waals surface area contributed by atoms with Crippen molar-refractivity contribution < 1.29 is 13.6 Å². The number of rotatable bonds is 6. The molecule has 22 heavy (non-hydrogen) atoms. The summed E-state index contributed by atoms with van der Waals surface area (Å²) in [6.45, 7) is 0.889. The van der Waals surface area contributed by atoms with E-state index in [0.29, 0.717) is 12.6 Å². The van der Waals surface area contributed by atoms with Crippen LogP contribution in [0.2, 0.25) is 0 Å². The number of nitrogens with one attached hydrogen (secondary N) is 1. The van der Waals surface area contributed by atoms with E-state index in [-0.39, 0.29) is 18.1 Å². The van der Waals surface area contributed by atoms with E-state index < -0.39 is 11.6 Å². The molecule has 3 rings (SSSR count). The van der Waals surface area contributed by atoms with E-state index in [2.05, 4.69) is 10.2 Å². The number of thiophene rings is 1. The van der Waals surface area contributed by atoms with Crippen molar-refractivity contribution in [3.05, 3.63) is 52.2 Å². The smallest absolute Gasteiger partial charge is 0.238 e. The Morgan fingerprint density at radius 2 is 2.14 bits per heavy atom. The first kappa shape index (κ1) is 15.1. The molecule has 1 aromatic heterocycles. The summed E-state index contributed by atoms with van der Waals surface area (Å²) in [6, 6.07) is 7.45. The molecule has 1 aromatic carbocycles. The molecule has 6 heteroatoms. The minimum absolute atomic E-state index is 0.114. The second-order valence-corrected chi connectivity index (χ2v) is 6.42. The fourth-order valence-corrected chi connectivity index (χ4v) is 3.05. The summed E-state index contributed by atoms with van der Waals surface area (Å²) in [5.74, 6) is -1.53. The van der Waals surface area contributed by atoms with Gasteiger partial charge in [0.25, 0.3) is 0 Å². The first-order valence-corrected chi connectivity index (χ1v) is 8.01. The number of hydrogen-bond acceptors (Lipinski definition) is 3. The molecule has 1 N–H and O–H groups in total. The molecule has 116 valence electrons. The lowest BCUT2D eigenvalue weighted by Crippen LogP contribution is -2.34. The maximum Gasteiger partial charge on any atom is 0.238 e. The maximum atomic E-state index is 13.6. The monoisotopic (exact) mass is 322 g/mol. The van der Waals surface area contributed by atoms with Crippen LogP contribution in [0.4, 0.5) is 14.5 Å². The van der Waals surface area contributed by atoms with Gasteiger partial charge in [-0.05, 0) is 36.4 Å². The van der Waals surface area contributed by atoms with E-state index in [1.807, 2.05) is 17.5 Å². The summed E-state index contributed by atoms with van der Waals surface area (Å²) < 4.78 is 26.7. The molecule has 0 unspecified atom stereocenters. The second-order valence-electron chi connectivity index (χ2n) is 5.39. The topological polar surface area (TPSA) is 32.3 Å². The average Bonchev–Trinajstić information content (AvgIpc) is 3.20. The molecular formula is C16H16F2N2OS. The van der Waals surface area contributed by atoms with Gasteiger partial charge in [0.1, 0.15) is 11.6 Å². The highest BCUT2D eigenvalue weighted by Crippen LogP contribution is 2.29. The van der Waals surface area contributed by atoms with Crippen molar-refractivity contribution in [1.82, 2.24) is 4.90 Å². The Hall–Kier alpha value is -1.79. The molecule has 0 bridgehead atoms. The largest absolute Gasteiger partial charge is 0.322 e. The van der Waals surface area contributed by atoms with Gasteiger partial charge < -0.3 is 5.32 Å². The van der Waals surface area contributed by atoms with Crippen molar-refractivity contribution in [3.63, 3.8) is 0 Å². The van der Waals surface area contributed by atoms with Gasteiger partial charge in [0.15, 0.2) is 0 Å². The molecule has 1 heterocycles. The molecule has 1 aliphatic rings. The van der Waals surface area contributed by atoms with Crippen LogP contribution in [0.3, 0.4) is 0 Å². The predicted molar refractivity (Wildman–Crippen MR) is 82.7 cm³/mol. The lowest BCUT2D eigenvalue weighted by Gasteiger charge is -2.20. The molecule has 0 saturated heterocycles. The molecule has 0 spiro atoms. The number of nitrogens with zero attached hydrogens (tertiary/aromatic N) is 1. The Morgan fingerprint density at radius 1 is 1.32 bits per heavy atom. The van der Waals surface area contributed by atoms with Crippen molar-refractivity contribution in [2.45, 2.75) is 25.4 Å². The highest BCUT2D eigenvalue weighted by molar-refractivity contribution is 7.09. The van der Waals surface area contributed by atoms with Crippen LogP contribution in [-0.2, 0) is 11.3 Å². The van der Waals surface area contributed by atoms with Crippen LogP contribution in [-0.4, -0.2) is 23.4 Å². The molecule has 2 aromatic rings. The molecule has 1 saturated carbocycles. The Bertz CT molecular complexity index is 656. The maximum absolute atomic E-state index is 13.6. The standard InChI is InChI=1S/C16H16F2N2OS/c17-11-3-6-14(18)15(8-11)19-16(21)10-20(12-4-5-12)9-13-2-1-7-22-13/h1-3,6-8,12H,4-5,9-10H2,(H,19,21). The van der Waals surface area contributed by atoms with Gasteiger partial charge in [-0.1, -0.05) is 6.07 Å². The minimum atomic E-state index is -0.633. The third kappa shape index (κ3) is 3.90. The van der Waals surface area contributed by atoms with E-state index in [9.17, 15) is 13.6 Å². The minimum Gasteiger partial charge on any atom is -0.322 e. The summed E-state index contributed by atoms with van der Waals surface area (Å²) in [7, 11) is 0. The van der Waals surface area contributed by atoms with Crippen LogP contribution in [0, 0.1) is 11.6 Å². The van der Waals surface area contributed by atoms with Crippen LogP contribution in [0.1, 0.15) is 17.7 Å². The van der Waals surface area contributed by atoms with Crippen LogP contribution in [0.15, 0.2) is 35.7 Å². The molecular weight excluding hydrogens is 306 g/mol. The third-order valence-electron chi connectivity index (χ3n) is 3.55. The van der Waals surface area contributed by atoms with Crippen LogP contribution >= 0.6 is 11.3 Å². The predicted octanol–water partition coefficient (Wildman–Crippen LogP) is 3.63. The number of carbonyl (C=O) groups excluding carboxylic acids is 1. The van der Waals surface area contributed by atoms with Gasteiger partial charge in [-0.15, -0.1) is 11.3 Å². The van der Waals surface area contributed by atoms with Crippen LogP contribution in [0.5, 0.6) is 0 Å². The quantitative estimate of drug-likeness (QED) is 0.881.